The van der Waals surface area contributed by atoms with E-state index >= 15 is 0 Å². The third-order valence-corrected chi connectivity index (χ3v) is 6.54. The number of piperazine rings is 1. The molecule has 2 atom stereocenters. The fourth-order valence-electron chi connectivity index (χ4n) is 5.09. The van der Waals surface area contributed by atoms with E-state index in [1.807, 2.05) is 48.5 Å². The van der Waals surface area contributed by atoms with E-state index in [0.717, 1.165) is 47.0 Å². The van der Waals surface area contributed by atoms with Gasteiger partial charge in [0.25, 0.3) is 0 Å². The summed E-state index contributed by atoms with van der Waals surface area (Å²) in [6.45, 7) is 0.838. The Bertz CT molecular complexity index is 1110. The second kappa shape index (κ2) is 8.19. The number of hydrogen-bond donors (Lipinski definition) is 2. The van der Waals surface area contributed by atoms with Crippen LogP contribution in [-0.4, -0.2) is 57.4 Å². The van der Waals surface area contributed by atoms with E-state index in [1.54, 1.807) is 9.80 Å². The Kier molecular flexibility index (Phi) is 5.24. The lowest BCUT2D eigenvalue weighted by Gasteiger charge is -2.47. The number of amides is 2. The lowest BCUT2D eigenvalue weighted by Crippen LogP contribution is -2.63. The molecule has 0 radical (unpaired) electrons. The van der Waals surface area contributed by atoms with Gasteiger partial charge in [0.1, 0.15) is 6.04 Å². The molecule has 2 aromatic carbocycles. The summed E-state index contributed by atoms with van der Waals surface area (Å²) in [5.74, 6) is 0.0189. The van der Waals surface area contributed by atoms with Gasteiger partial charge in [0.2, 0.25) is 11.8 Å². The third-order valence-electron chi connectivity index (χ3n) is 6.54. The molecule has 160 valence electrons. The molecule has 1 fully saturated rings. The molecule has 6 nitrogen and oxygen atoms in total. The van der Waals surface area contributed by atoms with Crippen molar-refractivity contribution in [3.8, 4) is 0 Å². The van der Waals surface area contributed by atoms with Gasteiger partial charge in [-0.05, 0) is 36.5 Å². The zero-order valence-corrected chi connectivity index (χ0v) is 17.5. The summed E-state index contributed by atoms with van der Waals surface area (Å²) in [4.78, 5) is 33.9. The Balaban J connectivity index is 1.55. The van der Waals surface area contributed by atoms with E-state index in [0.29, 0.717) is 13.0 Å². The zero-order chi connectivity index (χ0) is 21.4. The number of H-pyrrole nitrogens is 1. The van der Waals surface area contributed by atoms with Gasteiger partial charge >= 0.3 is 0 Å². The molecule has 1 aromatic heterocycles. The number of unbranched alkanes of at least 4 members (excludes halogenated alkanes) is 2. The number of hydrogen-bond acceptors (Lipinski definition) is 3. The molecule has 3 aromatic rings. The van der Waals surface area contributed by atoms with Gasteiger partial charge in [-0.2, -0.15) is 0 Å². The van der Waals surface area contributed by atoms with E-state index < -0.39 is 6.04 Å². The van der Waals surface area contributed by atoms with Crippen molar-refractivity contribution in [3.05, 3.63) is 71.4 Å². The number of nitrogens with one attached hydrogen (secondary N) is 1. The Hall–Kier alpha value is -3.12. The summed E-state index contributed by atoms with van der Waals surface area (Å²) in [7, 11) is 0. The first-order valence-corrected chi connectivity index (χ1v) is 11.0. The van der Waals surface area contributed by atoms with Crippen molar-refractivity contribution in [3.63, 3.8) is 0 Å². The topological polar surface area (TPSA) is 76.6 Å². The number of nitrogens with zero attached hydrogens (tertiary/aromatic N) is 2. The van der Waals surface area contributed by atoms with E-state index in [4.69, 9.17) is 5.11 Å². The quantitative estimate of drug-likeness (QED) is 0.606. The maximum Gasteiger partial charge on any atom is 0.246 e. The predicted octanol–water partition coefficient (Wildman–Crippen LogP) is 3.02. The Morgan fingerprint density at radius 2 is 1.74 bits per heavy atom. The van der Waals surface area contributed by atoms with Crippen LogP contribution < -0.4 is 0 Å². The number of aromatic amines is 1. The Morgan fingerprint density at radius 1 is 0.968 bits per heavy atom. The average Bonchev–Trinajstić information content (AvgIpc) is 3.17. The molecule has 2 aliphatic rings. The zero-order valence-electron chi connectivity index (χ0n) is 17.5. The maximum absolute atomic E-state index is 13.5. The minimum absolute atomic E-state index is 0.00934. The molecule has 0 spiro atoms. The molecular weight excluding hydrogens is 390 g/mol. The highest BCUT2D eigenvalue weighted by molar-refractivity contribution is 5.97. The Morgan fingerprint density at radius 3 is 2.55 bits per heavy atom. The van der Waals surface area contributed by atoms with Crippen LogP contribution in [0.1, 0.15) is 42.1 Å². The molecule has 0 bridgehead atoms. The second-order valence-electron chi connectivity index (χ2n) is 8.44. The number of rotatable bonds is 6. The number of carbonyl (C=O) groups excluding carboxylic acids is 2. The van der Waals surface area contributed by atoms with Crippen LogP contribution >= 0.6 is 0 Å². The van der Waals surface area contributed by atoms with Crippen molar-refractivity contribution >= 4 is 22.7 Å². The summed E-state index contributed by atoms with van der Waals surface area (Å²) in [6.07, 6.45) is 2.90. The van der Waals surface area contributed by atoms with Crippen molar-refractivity contribution in [1.29, 1.82) is 0 Å². The number of aliphatic hydroxyl groups excluding tert-OH is 1. The number of carbonyl (C=O) groups is 2. The second-order valence-corrected chi connectivity index (χ2v) is 8.44. The molecule has 2 amide bonds. The van der Waals surface area contributed by atoms with E-state index in [-0.39, 0.29) is 31.0 Å². The minimum Gasteiger partial charge on any atom is -0.396 e. The third kappa shape index (κ3) is 3.41. The molecule has 5 rings (SSSR count). The molecular formula is C25H27N3O3. The number of aromatic nitrogens is 1. The Labute approximate surface area is 181 Å². The summed E-state index contributed by atoms with van der Waals surface area (Å²) in [6, 6.07) is 17.3. The largest absolute Gasteiger partial charge is 0.396 e. The van der Waals surface area contributed by atoms with E-state index in [2.05, 4.69) is 11.1 Å². The first-order valence-electron chi connectivity index (χ1n) is 11.0. The molecule has 2 aliphatic heterocycles. The maximum atomic E-state index is 13.5. The van der Waals surface area contributed by atoms with Crippen LogP contribution in [0.4, 0.5) is 0 Å². The molecule has 2 unspecified atom stereocenters. The van der Waals surface area contributed by atoms with Gasteiger partial charge in [-0.3, -0.25) is 9.59 Å². The standard InChI is InChI=1S/C25H27N3O3/c29-14-8-2-7-13-27-16-22(30)28-21(25(27)31)15-19-18-11-5-6-12-20(18)26-23(19)24(28)17-9-3-1-4-10-17/h1,3-6,9-12,21,24,26,29H,2,7-8,13-16H2. The van der Waals surface area contributed by atoms with Gasteiger partial charge in [-0.25, -0.2) is 0 Å². The smallest absolute Gasteiger partial charge is 0.246 e. The first-order chi connectivity index (χ1) is 15.2. The summed E-state index contributed by atoms with van der Waals surface area (Å²) in [5, 5.41) is 10.1. The van der Waals surface area contributed by atoms with Gasteiger partial charge in [-0.1, -0.05) is 48.5 Å². The highest BCUT2D eigenvalue weighted by Gasteiger charge is 2.47. The molecule has 0 saturated carbocycles. The molecule has 2 N–H and O–H groups in total. The summed E-state index contributed by atoms with van der Waals surface area (Å²) in [5.41, 5.74) is 4.20. The van der Waals surface area contributed by atoms with Crippen LogP contribution in [0.5, 0.6) is 0 Å². The van der Waals surface area contributed by atoms with Crippen LogP contribution in [0, 0.1) is 0 Å². The number of fused-ring (bicyclic) bond motifs is 4. The highest BCUT2D eigenvalue weighted by Crippen LogP contribution is 2.42. The average molecular weight is 418 g/mol. The van der Waals surface area contributed by atoms with E-state index in [1.165, 1.54) is 0 Å². The van der Waals surface area contributed by atoms with Crippen LogP contribution in [0.15, 0.2) is 54.6 Å². The normalized spacial score (nSPS) is 20.8. The van der Waals surface area contributed by atoms with Crippen molar-refractivity contribution in [2.75, 3.05) is 19.7 Å². The van der Waals surface area contributed by atoms with Gasteiger partial charge in [-0.15, -0.1) is 0 Å². The molecule has 31 heavy (non-hydrogen) atoms. The molecule has 6 heteroatoms. The molecule has 0 aliphatic carbocycles. The number of benzene rings is 2. The first kappa shape index (κ1) is 19.8. The number of aliphatic hydroxyl groups is 1. The van der Waals surface area contributed by atoms with Gasteiger partial charge in [0.15, 0.2) is 0 Å². The van der Waals surface area contributed by atoms with Gasteiger partial charge in [0.05, 0.1) is 12.6 Å². The van der Waals surface area contributed by atoms with Crippen molar-refractivity contribution in [1.82, 2.24) is 14.8 Å². The van der Waals surface area contributed by atoms with Crippen LogP contribution in [-0.2, 0) is 16.0 Å². The summed E-state index contributed by atoms with van der Waals surface area (Å²) >= 11 is 0. The fourth-order valence-corrected chi connectivity index (χ4v) is 5.09. The van der Waals surface area contributed by atoms with Crippen molar-refractivity contribution in [2.24, 2.45) is 0 Å². The van der Waals surface area contributed by atoms with Crippen LogP contribution in [0.25, 0.3) is 10.9 Å². The highest BCUT2D eigenvalue weighted by atomic mass is 16.3. The van der Waals surface area contributed by atoms with E-state index in [9.17, 15) is 9.59 Å². The van der Waals surface area contributed by atoms with Gasteiger partial charge < -0.3 is 19.9 Å². The summed E-state index contributed by atoms with van der Waals surface area (Å²) < 4.78 is 0. The van der Waals surface area contributed by atoms with Crippen LogP contribution in [0.2, 0.25) is 0 Å². The molecule has 1 saturated heterocycles. The van der Waals surface area contributed by atoms with Crippen molar-refractivity contribution < 1.29 is 14.7 Å². The lowest BCUT2D eigenvalue weighted by atomic mass is 9.86. The monoisotopic (exact) mass is 417 g/mol. The predicted molar refractivity (Wildman–Crippen MR) is 118 cm³/mol. The minimum atomic E-state index is -0.490. The lowest BCUT2D eigenvalue weighted by molar-refractivity contribution is -0.158. The SMILES string of the molecule is O=C1C2Cc3c([nH]c4ccccc34)C(c3ccccc3)N2C(=O)CN1CCCCCO. The van der Waals surface area contributed by atoms with Crippen LogP contribution in [0.3, 0.4) is 0 Å². The van der Waals surface area contributed by atoms with Crippen molar-refractivity contribution in [2.45, 2.75) is 37.8 Å². The fraction of sp³-hybridized carbons (Fsp3) is 0.360. The van der Waals surface area contributed by atoms with Gasteiger partial charge in [0, 0.05) is 36.2 Å². The number of para-hydroxylation sites is 1. The molecule has 3 heterocycles.